The minimum atomic E-state index is -1.41. The summed E-state index contributed by atoms with van der Waals surface area (Å²) in [7, 11) is 1.30. The molecule has 7 heteroatoms. The Morgan fingerprint density at radius 2 is 1.87 bits per heavy atom. The van der Waals surface area contributed by atoms with Gasteiger partial charge in [-0.2, -0.15) is 5.48 Å². The van der Waals surface area contributed by atoms with Gasteiger partial charge in [0.15, 0.2) is 17.5 Å². The molecule has 0 unspecified atom stereocenters. The smallest absolute Gasteiger partial charge is 0.180 e. The summed E-state index contributed by atoms with van der Waals surface area (Å²) < 4.78 is 39.3. The van der Waals surface area contributed by atoms with Crippen LogP contribution in [0.15, 0.2) is 4.47 Å². The molecule has 0 bridgehead atoms. The van der Waals surface area contributed by atoms with Crippen LogP contribution in [0.1, 0.15) is 5.56 Å². The van der Waals surface area contributed by atoms with Gasteiger partial charge in [-0.05, 0) is 15.9 Å². The standard InChI is InChI=1S/C8H6BrClF3NO/c1-15-14-2-3-4(9)7(12)5(10)8(13)6(3)11/h14H,2H2,1H3. The number of benzene rings is 1. The summed E-state index contributed by atoms with van der Waals surface area (Å²) in [4.78, 5) is 4.45. The summed E-state index contributed by atoms with van der Waals surface area (Å²) in [5, 5.41) is -0.874. The second-order valence-corrected chi connectivity index (χ2v) is 3.74. The zero-order valence-corrected chi connectivity index (χ0v) is 9.85. The SMILES string of the molecule is CONCc1c(F)c(F)c(Cl)c(F)c1Br. The highest BCUT2D eigenvalue weighted by Crippen LogP contribution is 2.32. The van der Waals surface area contributed by atoms with Crippen LogP contribution in [0, 0.1) is 17.5 Å². The second kappa shape index (κ2) is 5.16. The van der Waals surface area contributed by atoms with Crippen molar-refractivity contribution in [1.82, 2.24) is 5.48 Å². The minimum absolute atomic E-state index is 0.187. The van der Waals surface area contributed by atoms with Crippen molar-refractivity contribution in [2.24, 2.45) is 0 Å². The van der Waals surface area contributed by atoms with Gasteiger partial charge in [0.1, 0.15) is 5.02 Å². The maximum atomic E-state index is 13.3. The molecule has 0 amide bonds. The Kier molecular flexibility index (Phi) is 4.39. The van der Waals surface area contributed by atoms with Gasteiger partial charge in [0.05, 0.1) is 18.1 Å². The zero-order valence-electron chi connectivity index (χ0n) is 7.51. The Morgan fingerprint density at radius 3 is 2.40 bits per heavy atom. The summed E-state index contributed by atoms with van der Waals surface area (Å²) in [6, 6.07) is 0. The average molecular weight is 304 g/mol. The molecule has 0 spiro atoms. The molecule has 0 saturated carbocycles. The number of rotatable bonds is 3. The van der Waals surface area contributed by atoms with Crippen molar-refractivity contribution in [1.29, 1.82) is 0 Å². The van der Waals surface area contributed by atoms with E-state index in [-0.39, 0.29) is 16.6 Å². The first kappa shape index (κ1) is 12.8. The second-order valence-electron chi connectivity index (χ2n) is 2.57. The highest BCUT2D eigenvalue weighted by Gasteiger charge is 2.22. The summed E-state index contributed by atoms with van der Waals surface area (Å²) in [6.45, 7) is -0.187. The zero-order chi connectivity index (χ0) is 11.6. The molecule has 1 N–H and O–H groups in total. The average Bonchev–Trinajstić information content (AvgIpc) is 2.24. The number of nitrogens with one attached hydrogen (secondary N) is 1. The van der Waals surface area contributed by atoms with Crippen LogP contribution in [0.4, 0.5) is 13.2 Å². The Balaban J connectivity index is 3.26. The molecule has 0 radical (unpaired) electrons. The molecular weight excluding hydrogens is 298 g/mol. The number of halogens is 5. The predicted molar refractivity (Wildman–Crippen MR) is 52.9 cm³/mol. The van der Waals surface area contributed by atoms with Gasteiger partial charge in [0, 0.05) is 5.56 Å². The first-order valence-corrected chi connectivity index (χ1v) is 4.94. The van der Waals surface area contributed by atoms with Gasteiger partial charge in [-0.25, -0.2) is 13.2 Å². The van der Waals surface area contributed by atoms with Crippen LogP contribution in [0.25, 0.3) is 0 Å². The molecule has 0 aliphatic rings. The van der Waals surface area contributed by atoms with Crippen molar-refractivity contribution in [2.75, 3.05) is 7.11 Å². The van der Waals surface area contributed by atoms with Crippen molar-refractivity contribution in [2.45, 2.75) is 6.54 Å². The van der Waals surface area contributed by atoms with Crippen LogP contribution >= 0.6 is 27.5 Å². The van der Waals surface area contributed by atoms with Crippen LogP contribution < -0.4 is 5.48 Å². The maximum absolute atomic E-state index is 13.3. The van der Waals surface area contributed by atoms with Gasteiger partial charge >= 0.3 is 0 Å². The molecule has 0 heterocycles. The van der Waals surface area contributed by atoms with E-state index in [1.807, 2.05) is 0 Å². The molecule has 1 rings (SSSR count). The lowest BCUT2D eigenvalue weighted by Gasteiger charge is -2.09. The van der Waals surface area contributed by atoms with Crippen molar-refractivity contribution < 1.29 is 18.0 Å². The van der Waals surface area contributed by atoms with Crippen molar-refractivity contribution >= 4 is 27.5 Å². The van der Waals surface area contributed by atoms with Gasteiger partial charge in [0.25, 0.3) is 0 Å². The topological polar surface area (TPSA) is 21.3 Å². The van der Waals surface area contributed by atoms with Gasteiger partial charge in [-0.15, -0.1) is 0 Å². The molecule has 2 nitrogen and oxygen atoms in total. The third-order valence-corrected chi connectivity index (χ3v) is 2.85. The van der Waals surface area contributed by atoms with E-state index in [1.54, 1.807) is 0 Å². The third kappa shape index (κ3) is 2.44. The fourth-order valence-electron chi connectivity index (χ4n) is 0.950. The van der Waals surface area contributed by atoms with E-state index in [4.69, 9.17) is 11.6 Å². The van der Waals surface area contributed by atoms with Gasteiger partial charge in [-0.3, -0.25) is 0 Å². The van der Waals surface area contributed by atoms with Crippen LogP contribution in [0.3, 0.4) is 0 Å². The van der Waals surface area contributed by atoms with Crippen molar-refractivity contribution in [3.8, 4) is 0 Å². The summed E-state index contributed by atoms with van der Waals surface area (Å²) >= 11 is 8.01. The highest BCUT2D eigenvalue weighted by molar-refractivity contribution is 9.10. The maximum Gasteiger partial charge on any atom is 0.180 e. The number of hydroxylamine groups is 1. The molecule has 0 aliphatic carbocycles. The quantitative estimate of drug-likeness (QED) is 0.526. The van der Waals surface area contributed by atoms with Crippen molar-refractivity contribution in [3.63, 3.8) is 0 Å². The molecule has 1 aromatic carbocycles. The third-order valence-electron chi connectivity index (χ3n) is 1.69. The van der Waals surface area contributed by atoms with Gasteiger partial charge in [-0.1, -0.05) is 11.6 Å². The van der Waals surface area contributed by atoms with Gasteiger partial charge < -0.3 is 4.84 Å². The lowest BCUT2D eigenvalue weighted by molar-refractivity contribution is 0.0855. The Morgan fingerprint density at radius 1 is 1.27 bits per heavy atom. The fourth-order valence-corrected chi connectivity index (χ4v) is 1.75. The molecule has 0 atom stereocenters. The van der Waals surface area contributed by atoms with E-state index >= 15 is 0 Å². The predicted octanol–water partition coefficient (Wildman–Crippen LogP) is 3.17. The Bertz CT molecular complexity index is 360. The lowest BCUT2D eigenvalue weighted by Crippen LogP contribution is -2.14. The Labute approximate surface area is 97.4 Å². The van der Waals surface area contributed by atoms with E-state index in [9.17, 15) is 13.2 Å². The molecule has 84 valence electrons. The normalized spacial score (nSPS) is 10.8. The Hall–Kier alpha value is -0.300. The van der Waals surface area contributed by atoms with E-state index in [0.717, 1.165) is 0 Å². The molecule has 0 fully saturated rings. The first-order chi connectivity index (χ1) is 7.00. The largest absolute Gasteiger partial charge is 0.305 e. The number of hydrogen-bond acceptors (Lipinski definition) is 2. The van der Waals surface area contributed by atoms with Crippen LogP contribution in [-0.2, 0) is 11.4 Å². The van der Waals surface area contributed by atoms with Crippen molar-refractivity contribution in [3.05, 3.63) is 32.5 Å². The molecule has 1 aromatic rings. The van der Waals surface area contributed by atoms with Crippen LogP contribution in [-0.4, -0.2) is 7.11 Å². The summed E-state index contributed by atoms with van der Waals surface area (Å²) in [5.74, 6) is -3.66. The lowest BCUT2D eigenvalue weighted by atomic mass is 10.2. The fraction of sp³-hybridized carbons (Fsp3) is 0.250. The molecule has 15 heavy (non-hydrogen) atoms. The molecule has 0 aromatic heterocycles. The molecular formula is C8H6BrClF3NO. The van der Waals surface area contributed by atoms with E-state index in [2.05, 4.69) is 26.2 Å². The minimum Gasteiger partial charge on any atom is -0.305 e. The van der Waals surface area contributed by atoms with E-state index in [0.29, 0.717) is 0 Å². The van der Waals surface area contributed by atoms with Crippen LogP contribution in [0.5, 0.6) is 0 Å². The highest BCUT2D eigenvalue weighted by atomic mass is 79.9. The first-order valence-electron chi connectivity index (χ1n) is 3.76. The van der Waals surface area contributed by atoms with E-state index in [1.165, 1.54) is 7.11 Å². The summed E-state index contributed by atoms with van der Waals surface area (Å²) in [6.07, 6.45) is 0. The number of hydrogen-bond donors (Lipinski definition) is 1. The van der Waals surface area contributed by atoms with E-state index < -0.39 is 22.5 Å². The summed E-state index contributed by atoms with van der Waals surface area (Å²) in [5.41, 5.74) is 2.05. The molecule has 0 saturated heterocycles. The monoisotopic (exact) mass is 303 g/mol. The molecule has 0 aliphatic heterocycles. The van der Waals surface area contributed by atoms with Crippen LogP contribution in [0.2, 0.25) is 5.02 Å². The van der Waals surface area contributed by atoms with Gasteiger partial charge in [0.2, 0.25) is 0 Å².